The molecule has 2 heterocycles. The Labute approximate surface area is 122 Å². The second-order valence-electron chi connectivity index (χ2n) is 3.85. The first-order valence-corrected chi connectivity index (χ1v) is 6.31. The Hall–Kier alpha value is -2.48. The first-order valence-electron chi connectivity index (χ1n) is 6.31. The number of imidazole rings is 2. The fraction of sp³-hybridized carbons (Fsp3) is 0.385. The van der Waals surface area contributed by atoms with E-state index >= 15 is 0 Å². The minimum Gasteiger partial charge on any atom is -0.477 e. The first kappa shape index (κ1) is 18.5. The van der Waals surface area contributed by atoms with Crippen molar-refractivity contribution in [2.75, 3.05) is 7.05 Å². The monoisotopic (exact) mass is 295 g/mol. The van der Waals surface area contributed by atoms with Gasteiger partial charge in [-0.25, -0.2) is 14.8 Å². The summed E-state index contributed by atoms with van der Waals surface area (Å²) in [5, 5.41) is 8.33. The van der Waals surface area contributed by atoms with Gasteiger partial charge in [0.25, 0.3) is 0 Å². The highest BCUT2D eigenvalue weighted by atomic mass is 16.4. The summed E-state index contributed by atoms with van der Waals surface area (Å²) in [6, 6.07) is 0. The maximum Gasteiger partial charge on any atom is 0.353 e. The van der Waals surface area contributed by atoms with Crippen LogP contribution in [-0.2, 0) is 0 Å². The van der Waals surface area contributed by atoms with Crippen molar-refractivity contribution in [2.24, 2.45) is 5.73 Å². The van der Waals surface area contributed by atoms with Crippen LogP contribution in [0.5, 0.6) is 0 Å². The molecule has 0 bridgehead atoms. The van der Waals surface area contributed by atoms with Gasteiger partial charge in [-0.3, -0.25) is 4.79 Å². The van der Waals surface area contributed by atoms with E-state index in [0.717, 1.165) is 5.82 Å². The van der Waals surface area contributed by atoms with Crippen LogP contribution in [0, 0.1) is 13.8 Å². The summed E-state index contributed by atoms with van der Waals surface area (Å²) in [6.07, 6.45) is 3.39. The fourth-order valence-electron chi connectivity index (χ4n) is 1.28. The summed E-state index contributed by atoms with van der Waals surface area (Å²) in [7, 11) is 1.50. The molecule has 116 valence electrons. The van der Waals surface area contributed by atoms with Gasteiger partial charge in [-0.1, -0.05) is 6.92 Å². The minimum atomic E-state index is -0.976. The largest absolute Gasteiger partial charge is 0.477 e. The van der Waals surface area contributed by atoms with Gasteiger partial charge < -0.3 is 20.8 Å². The molecular formula is C13H21N5O3. The zero-order chi connectivity index (χ0) is 16.4. The van der Waals surface area contributed by atoms with E-state index in [2.05, 4.69) is 25.7 Å². The number of aromatic carboxylic acids is 1. The van der Waals surface area contributed by atoms with E-state index in [1.54, 1.807) is 13.1 Å². The Bertz CT molecular complexity index is 574. The Balaban J connectivity index is 0.000000342. The molecule has 8 nitrogen and oxygen atoms in total. The molecule has 0 amide bonds. The van der Waals surface area contributed by atoms with Gasteiger partial charge in [0.15, 0.2) is 5.78 Å². The minimum absolute atomic E-state index is 0.112. The van der Waals surface area contributed by atoms with Crippen LogP contribution in [-0.4, -0.2) is 43.8 Å². The Morgan fingerprint density at radius 1 is 1.10 bits per heavy atom. The Morgan fingerprint density at radius 3 is 1.76 bits per heavy atom. The van der Waals surface area contributed by atoms with Crippen LogP contribution in [0.4, 0.5) is 0 Å². The molecule has 0 aliphatic heterocycles. The SMILES string of the molecule is CCC(=O)c1cnc(C)[nH]1.CN.Cc1ncc(C(=O)O)[nH]1. The number of hydrogen-bond donors (Lipinski definition) is 4. The van der Waals surface area contributed by atoms with E-state index in [4.69, 9.17) is 5.11 Å². The number of carbonyl (C=O) groups excluding carboxylic acids is 1. The number of H-pyrrole nitrogens is 2. The third-order valence-corrected chi connectivity index (χ3v) is 2.26. The summed E-state index contributed by atoms with van der Waals surface area (Å²) in [6.45, 7) is 5.36. The van der Waals surface area contributed by atoms with Crippen LogP contribution in [0.1, 0.15) is 46.0 Å². The molecule has 0 saturated carbocycles. The van der Waals surface area contributed by atoms with Crippen molar-refractivity contribution in [3.63, 3.8) is 0 Å². The van der Waals surface area contributed by atoms with Crippen molar-refractivity contribution in [1.29, 1.82) is 0 Å². The number of aryl methyl sites for hydroxylation is 2. The molecule has 2 aromatic rings. The second-order valence-corrected chi connectivity index (χ2v) is 3.85. The lowest BCUT2D eigenvalue weighted by atomic mass is 10.2. The first-order chi connectivity index (χ1) is 9.93. The van der Waals surface area contributed by atoms with Crippen LogP contribution in [0.25, 0.3) is 0 Å². The van der Waals surface area contributed by atoms with Crippen LogP contribution in [0.3, 0.4) is 0 Å². The van der Waals surface area contributed by atoms with E-state index < -0.39 is 5.97 Å². The van der Waals surface area contributed by atoms with Gasteiger partial charge in [0.2, 0.25) is 0 Å². The predicted molar refractivity (Wildman–Crippen MR) is 78.3 cm³/mol. The zero-order valence-electron chi connectivity index (χ0n) is 12.6. The van der Waals surface area contributed by atoms with Crippen molar-refractivity contribution < 1.29 is 14.7 Å². The van der Waals surface area contributed by atoms with Gasteiger partial charge in [0, 0.05) is 6.42 Å². The van der Waals surface area contributed by atoms with Crippen molar-refractivity contribution in [2.45, 2.75) is 27.2 Å². The number of carboxylic acid groups (broad SMARTS) is 1. The Kier molecular flexibility index (Phi) is 8.31. The summed E-state index contributed by atoms with van der Waals surface area (Å²) >= 11 is 0. The Morgan fingerprint density at radius 2 is 1.52 bits per heavy atom. The molecule has 8 heteroatoms. The average Bonchev–Trinajstić information content (AvgIpc) is 3.10. The quantitative estimate of drug-likeness (QED) is 0.630. The highest BCUT2D eigenvalue weighted by Gasteiger charge is 2.04. The average molecular weight is 295 g/mol. The molecular weight excluding hydrogens is 274 g/mol. The highest BCUT2D eigenvalue weighted by Crippen LogP contribution is 1.98. The number of nitrogens with zero attached hydrogens (tertiary/aromatic N) is 2. The van der Waals surface area contributed by atoms with Crippen molar-refractivity contribution in [3.05, 3.63) is 35.4 Å². The predicted octanol–water partition coefficient (Wildman–Crippen LogP) is 1.30. The second kappa shape index (κ2) is 9.43. The molecule has 0 atom stereocenters. The summed E-state index contributed by atoms with van der Waals surface area (Å²) in [5.74, 6) is 0.542. The lowest BCUT2D eigenvalue weighted by Gasteiger charge is -1.87. The van der Waals surface area contributed by atoms with E-state index in [-0.39, 0.29) is 11.5 Å². The van der Waals surface area contributed by atoms with Crippen LogP contribution < -0.4 is 5.73 Å². The number of nitrogens with one attached hydrogen (secondary N) is 2. The van der Waals surface area contributed by atoms with E-state index in [1.165, 1.54) is 13.2 Å². The number of rotatable bonds is 3. The lowest BCUT2D eigenvalue weighted by molar-refractivity contribution is 0.0690. The molecule has 0 saturated heterocycles. The number of aromatic amines is 2. The highest BCUT2D eigenvalue weighted by molar-refractivity contribution is 5.93. The maximum atomic E-state index is 11.0. The standard InChI is InChI=1S/C7H10N2O.C5H6N2O2.CH5N/c1-3-7(10)6-4-8-5(2)9-6;1-3-6-2-4(7-3)5(8)9;1-2/h4H,3H2,1-2H3,(H,8,9);2H,1H3,(H,6,7)(H,8,9);2H2,1H3. The normalized spacial score (nSPS) is 9.00. The fourth-order valence-corrected chi connectivity index (χ4v) is 1.28. The smallest absolute Gasteiger partial charge is 0.353 e. The van der Waals surface area contributed by atoms with Crippen LogP contribution >= 0.6 is 0 Å². The molecule has 0 radical (unpaired) electrons. The molecule has 0 spiro atoms. The number of ketones is 1. The maximum absolute atomic E-state index is 11.0. The lowest BCUT2D eigenvalue weighted by Crippen LogP contribution is -1.95. The van der Waals surface area contributed by atoms with Crippen LogP contribution in [0.15, 0.2) is 12.4 Å². The number of aromatic nitrogens is 4. The molecule has 0 aliphatic carbocycles. The van der Waals surface area contributed by atoms with Gasteiger partial charge in [0.05, 0.1) is 12.4 Å². The number of Topliss-reactive ketones (excluding diaryl/α,β-unsaturated/α-hetero) is 1. The number of carboxylic acids is 1. The molecule has 21 heavy (non-hydrogen) atoms. The summed E-state index contributed by atoms with van der Waals surface area (Å²) in [5.41, 5.74) is 5.24. The zero-order valence-corrected chi connectivity index (χ0v) is 12.6. The molecule has 0 aromatic carbocycles. The van der Waals surface area contributed by atoms with Crippen LogP contribution in [0.2, 0.25) is 0 Å². The number of carbonyl (C=O) groups is 2. The topological polar surface area (TPSA) is 138 Å². The number of nitrogens with two attached hydrogens (primary N) is 1. The molecule has 2 rings (SSSR count). The third kappa shape index (κ3) is 6.48. The molecule has 0 fully saturated rings. The van der Waals surface area contributed by atoms with Gasteiger partial charge in [-0.05, 0) is 20.9 Å². The van der Waals surface area contributed by atoms with E-state index in [1.807, 2.05) is 13.8 Å². The van der Waals surface area contributed by atoms with Crippen molar-refractivity contribution in [3.8, 4) is 0 Å². The van der Waals surface area contributed by atoms with Crippen molar-refractivity contribution >= 4 is 11.8 Å². The molecule has 2 aromatic heterocycles. The van der Waals surface area contributed by atoms with Gasteiger partial charge >= 0.3 is 5.97 Å². The number of hydrogen-bond acceptors (Lipinski definition) is 5. The summed E-state index contributed by atoms with van der Waals surface area (Å²) in [4.78, 5) is 34.1. The molecule has 0 aliphatic rings. The van der Waals surface area contributed by atoms with Gasteiger partial charge in [-0.2, -0.15) is 0 Å². The molecule has 0 unspecified atom stereocenters. The van der Waals surface area contributed by atoms with Crippen molar-refractivity contribution in [1.82, 2.24) is 19.9 Å². The van der Waals surface area contributed by atoms with E-state index in [9.17, 15) is 9.59 Å². The van der Waals surface area contributed by atoms with Gasteiger partial charge in [-0.15, -0.1) is 0 Å². The summed E-state index contributed by atoms with van der Waals surface area (Å²) < 4.78 is 0. The third-order valence-electron chi connectivity index (χ3n) is 2.26. The molecule has 5 N–H and O–H groups in total. The van der Waals surface area contributed by atoms with E-state index in [0.29, 0.717) is 17.9 Å². The van der Waals surface area contributed by atoms with Gasteiger partial charge in [0.1, 0.15) is 23.0 Å².